The summed E-state index contributed by atoms with van der Waals surface area (Å²) < 4.78 is 27.8. The van der Waals surface area contributed by atoms with Gasteiger partial charge in [-0.25, -0.2) is 4.79 Å². The van der Waals surface area contributed by atoms with E-state index in [2.05, 4.69) is 5.32 Å². The molecule has 0 aromatic heterocycles. The zero-order valence-corrected chi connectivity index (χ0v) is 24.8. The Morgan fingerprint density at radius 2 is 1.62 bits per heavy atom. The van der Waals surface area contributed by atoms with Gasteiger partial charge >= 0.3 is 5.97 Å². The van der Waals surface area contributed by atoms with Gasteiger partial charge in [-0.2, -0.15) is 0 Å². The van der Waals surface area contributed by atoms with Crippen molar-refractivity contribution in [2.24, 2.45) is 0 Å². The average Bonchev–Trinajstić information content (AvgIpc) is 2.93. The fraction of sp³-hybridized carbons (Fsp3) is 0.367. The molecule has 1 heterocycles. The highest BCUT2D eigenvalue weighted by Gasteiger charge is 2.41. The Bertz CT molecular complexity index is 1340. The van der Waals surface area contributed by atoms with E-state index in [0.29, 0.717) is 58.6 Å². The number of carbonyl (C=O) groups excluding carboxylic acids is 2. The molecule has 40 heavy (non-hydrogen) atoms. The SMILES string of the molecule is CCOC(=O)C1=C(C)NC(=S)N(C(=O)/C(C)=C/c2cc(OC)ccc2OC)C1c1ccc(OCC)c(OCC)c1. The monoisotopic (exact) mass is 568 g/mol. The summed E-state index contributed by atoms with van der Waals surface area (Å²) in [5, 5.41) is 3.17. The topological polar surface area (TPSA) is 95.6 Å². The Labute approximate surface area is 240 Å². The molecule has 0 aliphatic carbocycles. The second-order valence-corrected chi connectivity index (χ2v) is 9.16. The quantitative estimate of drug-likeness (QED) is 0.223. The Morgan fingerprint density at radius 1 is 0.950 bits per heavy atom. The van der Waals surface area contributed by atoms with E-state index in [0.717, 1.165) is 0 Å². The van der Waals surface area contributed by atoms with Crippen molar-refractivity contribution in [3.8, 4) is 23.0 Å². The zero-order chi connectivity index (χ0) is 29.4. The van der Waals surface area contributed by atoms with E-state index in [1.807, 2.05) is 13.8 Å². The molecule has 2 aromatic carbocycles. The zero-order valence-electron chi connectivity index (χ0n) is 24.0. The molecule has 1 amide bonds. The minimum Gasteiger partial charge on any atom is -0.497 e. The Kier molecular flexibility index (Phi) is 10.6. The first-order valence-corrected chi connectivity index (χ1v) is 13.4. The first kappa shape index (κ1) is 30.5. The van der Waals surface area contributed by atoms with Gasteiger partial charge in [0.05, 0.1) is 45.7 Å². The maximum atomic E-state index is 14.1. The van der Waals surface area contributed by atoms with Crippen molar-refractivity contribution in [1.82, 2.24) is 10.2 Å². The smallest absolute Gasteiger partial charge is 0.338 e. The lowest BCUT2D eigenvalue weighted by atomic mass is 9.92. The number of thiocarbonyl (C=S) groups is 1. The third-order valence-electron chi connectivity index (χ3n) is 6.19. The van der Waals surface area contributed by atoms with Crippen molar-refractivity contribution in [2.45, 2.75) is 40.7 Å². The molecule has 1 atom stereocenters. The van der Waals surface area contributed by atoms with Gasteiger partial charge in [-0.3, -0.25) is 9.69 Å². The summed E-state index contributed by atoms with van der Waals surface area (Å²) in [4.78, 5) is 28.7. The third kappa shape index (κ3) is 6.56. The van der Waals surface area contributed by atoms with Crippen molar-refractivity contribution >= 4 is 35.3 Å². The van der Waals surface area contributed by atoms with Crippen LogP contribution in [-0.2, 0) is 14.3 Å². The van der Waals surface area contributed by atoms with Gasteiger partial charge in [0.25, 0.3) is 5.91 Å². The van der Waals surface area contributed by atoms with E-state index < -0.39 is 17.9 Å². The van der Waals surface area contributed by atoms with Crippen LogP contribution >= 0.6 is 12.2 Å². The van der Waals surface area contributed by atoms with Crippen LogP contribution in [-0.4, -0.2) is 55.9 Å². The van der Waals surface area contributed by atoms with Crippen LogP contribution in [0.1, 0.15) is 51.8 Å². The Balaban J connectivity index is 2.19. The number of methoxy groups -OCH3 is 2. The summed E-state index contributed by atoms with van der Waals surface area (Å²) >= 11 is 5.66. The van der Waals surface area contributed by atoms with Crippen LogP contribution in [0.4, 0.5) is 0 Å². The van der Waals surface area contributed by atoms with E-state index in [1.54, 1.807) is 77.5 Å². The van der Waals surface area contributed by atoms with Crippen LogP contribution in [0.25, 0.3) is 6.08 Å². The number of nitrogens with zero attached hydrogens (tertiary/aromatic N) is 1. The fourth-order valence-electron chi connectivity index (χ4n) is 4.41. The Morgan fingerprint density at radius 3 is 2.25 bits per heavy atom. The van der Waals surface area contributed by atoms with Gasteiger partial charge in [0.1, 0.15) is 11.5 Å². The summed E-state index contributed by atoms with van der Waals surface area (Å²) in [7, 11) is 3.12. The highest BCUT2D eigenvalue weighted by molar-refractivity contribution is 7.80. The summed E-state index contributed by atoms with van der Waals surface area (Å²) in [6, 6.07) is 9.75. The van der Waals surface area contributed by atoms with Gasteiger partial charge in [0, 0.05) is 16.8 Å². The molecule has 0 fully saturated rings. The first-order chi connectivity index (χ1) is 19.2. The van der Waals surface area contributed by atoms with Crippen molar-refractivity contribution < 1.29 is 33.3 Å². The second kappa shape index (κ2) is 13.8. The fourth-order valence-corrected chi connectivity index (χ4v) is 4.75. The van der Waals surface area contributed by atoms with Crippen molar-refractivity contribution in [2.75, 3.05) is 34.0 Å². The number of esters is 1. The van der Waals surface area contributed by atoms with E-state index in [4.69, 9.17) is 35.9 Å². The maximum absolute atomic E-state index is 14.1. The maximum Gasteiger partial charge on any atom is 0.338 e. The normalized spacial score (nSPS) is 15.4. The summed E-state index contributed by atoms with van der Waals surface area (Å²) in [6.07, 6.45) is 1.70. The number of allylic oxidation sites excluding steroid dienone is 1. The van der Waals surface area contributed by atoms with Crippen LogP contribution in [0, 0.1) is 0 Å². The molecule has 9 nitrogen and oxygen atoms in total. The van der Waals surface area contributed by atoms with Crippen LogP contribution in [0.2, 0.25) is 0 Å². The number of amides is 1. The summed E-state index contributed by atoms with van der Waals surface area (Å²) in [5.41, 5.74) is 2.39. The van der Waals surface area contributed by atoms with Crippen molar-refractivity contribution in [3.05, 3.63) is 64.4 Å². The molecule has 1 aliphatic rings. The number of nitrogens with one attached hydrogen (secondary N) is 1. The van der Waals surface area contributed by atoms with Crippen molar-refractivity contribution in [3.63, 3.8) is 0 Å². The minimum atomic E-state index is -0.884. The molecule has 0 spiro atoms. The highest BCUT2D eigenvalue weighted by atomic mass is 32.1. The van der Waals surface area contributed by atoms with Crippen LogP contribution < -0.4 is 24.3 Å². The van der Waals surface area contributed by atoms with Crippen LogP contribution in [0.15, 0.2) is 53.2 Å². The van der Waals surface area contributed by atoms with Crippen molar-refractivity contribution in [1.29, 1.82) is 0 Å². The molecule has 1 N–H and O–H groups in total. The number of ether oxygens (including phenoxy) is 5. The average molecular weight is 569 g/mol. The van der Waals surface area contributed by atoms with Crippen LogP contribution in [0.5, 0.6) is 23.0 Å². The molecule has 0 radical (unpaired) electrons. The van der Waals surface area contributed by atoms with E-state index >= 15 is 0 Å². The molecule has 1 aliphatic heterocycles. The number of hydrogen-bond acceptors (Lipinski definition) is 8. The van der Waals surface area contributed by atoms with Crippen LogP contribution in [0.3, 0.4) is 0 Å². The molecule has 2 aromatic rings. The molecule has 3 rings (SSSR count). The number of hydrogen-bond donors (Lipinski definition) is 1. The van der Waals surface area contributed by atoms with Gasteiger partial charge in [-0.1, -0.05) is 6.07 Å². The summed E-state index contributed by atoms with van der Waals surface area (Å²) in [6.45, 7) is 9.91. The van der Waals surface area contributed by atoms with Gasteiger partial charge in [0.15, 0.2) is 16.6 Å². The summed E-state index contributed by atoms with van der Waals surface area (Å²) in [5.74, 6) is 1.27. The molecular weight excluding hydrogens is 532 g/mol. The molecule has 1 unspecified atom stereocenters. The second-order valence-electron chi connectivity index (χ2n) is 8.77. The van der Waals surface area contributed by atoms with E-state index in [1.165, 1.54) is 4.90 Å². The largest absolute Gasteiger partial charge is 0.497 e. The lowest BCUT2D eigenvalue weighted by molar-refractivity contribution is -0.139. The minimum absolute atomic E-state index is 0.151. The molecular formula is C30H36N2O7S. The van der Waals surface area contributed by atoms with Gasteiger partial charge < -0.3 is 29.0 Å². The predicted octanol–water partition coefficient (Wildman–Crippen LogP) is 5.20. The number of benzene rings is 2. The third-order valence-corrected chi connectivity index (χ3v) is 6.49. The molecule has 0 bridgehead atoms. The Hall–Kier alpha value is -4.05. The predicted molar refractivity (Wildman–Crippen MR) is 157 cm³/mol. The van der Waals surface area contributed by atoms with Gasteiger partial charge in [-0.05, 0) is 88.8 Å². The molecule has 10 heteroatoms. The molecule has 214 valence electrons. The first-order valence-electron chi connectivity index (χ1n) is 13.0. The van der Waals surface area contributed by atoms with Gasteiger partial charge in [0.2, 0.25) is 0 Å². The number of rotatable bonds is 11. The number of carbonyl (C=O) groups is 2. The molecule has 0 saturated carbocycles. The van der Waals surface area contributed by atoms with E-state index in [9.17, 15) is 9.59 Å². The lowest BCUT2D eigenvalue weighted by Gasteiger charge is -2.38. The lowest BCUT2D eigenvalue weighted by Crippen LogP contribution is -2.51. The standard InChI is InChI=1S/C30H36N2O7S/c1-8-37-24-13-11-20(17-25(24)38-9-2)27-26(29(34)39-10-3)19(5)31-30(40)32(27)28(33)18(4)15-21-16-22(35-6)12-14-23(21)36-7/h11-17,27H,8-10H2,1-7H3,(H,31,40)/b18-15+. The van der Waals surface area contributed by atoms with Gasteiger partial charge in [-0.15, -0.1) is 0 Å². The van der Waals surface area contributed by atoms with E-state index in [-0.39, 0.29) is 17.3 Å². The molecule has 0 saturated heterocycles. The highest BCUT2D eigenvalue weighted by Crippen LogP contribution is 2.39.